The first-order valence-corrected chi connectivity index (χ1v) is 13.6. The average Bonchev–Trinajstić information content (AvgIpc) is 2.98. The number of aromatic carboxylic acids is 1. The van der Waals surface area contributed by atoms with Gasteiger partial charge in [-0.3, -0.25) is 10.1 Å². The van der Waals surface area contributed by atoms with Crippen LogP contribution in [0.15, 0.2) is 70.7 Å². The van der Waals surface area contributed by atoms with E-state index in [9.17, 15) is 24.8 Å². The van der Waals surface area contributed by atoms with E-state index in [1.165, 1.54) is 44.6 Å². The number of methoxy groups -OCH3 is 3. The summed E-state index contributed by atoms with van der Waals surface area (Å²) in [6, 6.07) is 14.7. The van der Waals surface area contributed by atoms with E-state index in [-0.39, 0.29) is 32.6 Å². The summed E-state index contributed by atoms with van der Waals surface area (Å²) in [4.78, 5) is 41.9. The van der Waals surface area contributed by atoms with Gasteiger partial charge in [0, 0.05) is 22.1 Å². The third-order valence-electron chi connectivity index (χ3n) is 5.16. The average molecular weight is 669 g/mol. The van der Waals surface area contributed by atoms with Crippen molar-refractivity contribution in [3.05, 3.63) is 97.0 Å². The number of nitrogens with zero attached hydrogens (tertiary/aromatic N) is 3. The van der Waals surface area contributed by atoms with E-state index in [0.717, 1.165) is 24.9 Å². The van der Waals surface area contributed by atoms with Gasteiger partial charge in [0.15, 0.2) is 5.16 Å². The monoisotopic (exact) mass is 667 g/mol. The molecule has 1 aromatic heterocycles. The van der Waals surface area contributed by atoms with E-state index in [4.69, 9.17) is 49.0 Å². The van der Waals surface area contributed by atoms with Gasteiger partial charge < -0.3 is 24.1 Å². The lowest BCUT2D eigenvalue weighted by Gasteiger charge is -2.09. The summed E-state index contributed by atoms with van der Waals surface area (Å²) in [5.74, 6) is -0.797. The molecular weight excluding hydrogens is 649 g/mol. The first-order valence-electron chi connectivity index (χ1n) is 11.6. The molecule has 0 radical (unpaired) electrons. The smallest absolute Gasteiger partial charge is 0.345 e. The Bertz CT molecular complexity index is 1650. The first-order chi connectivity index (χ1) is 20.5. The van der Waals surface area contributed by atoms with Crippen LogP contribution in [0.2, 0.25) is 15.1 Å². The Hall–Kier alpha value is -4.30. The van der Waals surface area contributed by atoms with Crippen molar-refractivity contribution in [2.75, 3.05) is 21.3 Å². The molecule has 0 aliphatic rings. The number of rotatable bonds is 9. The van der Waals surface area contributed by atoms with E-state index in [2.05, 4.69) is 14.7 Å². The van der Waals surface area contributed by atoms with Crippen LogP contribution in [0.4, 0.5) is 5.69 Å². The van der Waals surface area contributed by atoms with E-state index in [1.807, 2.05) is 0 Å². The van der Waals surface area contributed by atoms with Gasteiger partial charge in [-0.05, 0) is 48.2 Å². The highest BCUT2D eigenvalue weighted by atomic mass is 35.5. The van der Waals surface area contributed by atoms with E-state index in [1.54, 1.807) is 24.3 Å². The third-order valence-corrected chi connectivity index (χ3v) is 6.93. The number of carbonyl (C=O) groups excluding carboxylic acids is 1. The molecule has 4 aromatic rings. The van der Waals surface area contributed by atoms with E-state index >= 15 is 0 Å². The van der Waals surface area contributed by atoms with Gasteiger partial charge >= 0.3 is 11.9 Å². The molecule has 1 heterocycles. The number of nitro groups is 1. The third kappa shape index (κ3) is 8.85. The lowest BCUT2D eigenvalue weighted by atomic mass is 10.1. The van der Waals surface area contributed by atoms with Crippen molar-refractivity contribution < 1.29 is 38.6 Å². The zero-order chi connectivity index (χ0) is 31.7. The molecule has 0 fully saturated rings. The normalized spacial score (nSPS) is 10.2. The molecule has 0 spiro atoms. The Labute approximate surface area is 263 Å². The lowest BCUT2D eigenvalue weighted by Crippen LogP contribution is -2.05. The molecule has 3 aromatic carbocycles. The molecule has 0 atom stereocenters. The fourth-order valence-corrected chi connectivity index (χ4v) is 4.90. The predicted molar refractivity (Wildman–Crippen MR) is 159 cm³/mol. The molecule has 0 bridgehead atoms. The number of esters is 1. The fourth-order valence-electron chi connectivity index (χ4n) is 3.23. The van der Waals surface area contributed by atoms with Gasteiger partial charge in [0.1, 0.15) is 17.1 Å². The van der Waals surface area contributed by atoms with Crippen LogP contribution in [0.25, 0.3) is 0 Å². The summed E-state index contributed by atoms with van der Waals surface area (Å²) in [5.41, 5.74) is -0.578. The minimum atomic E-state index is -1.11. The molecule has 224 valence electrons. The molecular formula is C27H20Cl3N3O9S. The maximum absolute atomic E-state index is 11.6. The Kier molecular flexibility index (Phi) is 11.8. The number of nitro benzene ring substituents is 1. The van der Waals surface area contributed by atoms with Crippen LogP contribution < -0.4 is 14.2 Å². The van der Waals surface area contributed by atoms with Crippen molar-refractivity contribution >= 4 is 64.2 Å². The van der Waals surface area contributed by atoms with Crippen molar-refractivity contribution in [3.63, 3.8) is 0 Å². The number of halogens is 3. The van der Waals surface area contributed by atoms with E-state index in [0.29, 0.717) is 32.6 Å². The lowest BCUT2D eigenvalue weighted by molar-refractivity contribution is -0.385. The molecule has 1 N–H and O–H groups in total. The maximum Gasteiger partial charge on any atom is 0.345 e. The summed E-state index contributed by atoms with van der Waals surface area (Å²) in [6.45, 7) is 0. The Balaban J connectivity index is 0.000000236. The summed E-state index contributed by atoms with van der Waals surface area (Å²) in [6.07, 6.45) is 0. The fraction of sp³-hybridized carbons (Fsp3) is 0.111. The second-order valence-corrected chi connectivity index (χ2v) is 10.1. The van der Waals surface area contributed by atoms with Crippen molar-refractivity contribution in [3.8, 4) is 23.3 Å². The zero-order valence-corrected chi connectivity index (χ0v) is 25.5. The van der Waals surface area contributed by atoms with Crippen LogP contribution in [0, 0.1) is 10.1 Å². The topological polar surface area (TPSA) is 160 Å². The molecule has 0 aliphatic heterocycles. The first kappa shape index (κ1) is 33.2. The number of hydrogen-bond acceptors (Lipinski definition) is 11. The van der Waals surface area contributed by atoms with Crippen LogP contribution in [-0.2, 0) is 4.74 Å². The highest BCUT2D eigenvalue weighted by Gasteiger charge is 2.22. The Morgan fingerprint density at radius 1 is 0.907 bits per heavy atom. The molecule has 16 heteroatoms. The van der Waals surface area contributed by atoms with Crippen molar-refractivity contribution in [2.24, 2.45) is 0 Å². The van der Waals surface area contributed by atoms with Gasteiger partial charge in [0.2, 0.25) is 11.8 Å². The van der Waals surface area contributed by atoms with Crippen molar-refractivity contribution in [1.29, 1.82) is 0 Å². The number of carboxylic acids is 1. The number of benzene rings is 3. The van der Waals surface area contributed by atoms with Gasteiger partial charge in [0.05, 0.1) is 47.9 Å². The SMILES string of the molecule is COC(=O)c1cc(Oc2ccc(Cl)cc2Cl)ccc1[N+](=O)[O-].COc1cc(OC)nc(Sc2cccc(Cl)c2C(=O)O)n1. The van der Waals surface area contributed by atoms with Gasteiger partial charge in [-0.15, -0.1) is 0 Å². The highest BCUT2D eigenvalue weighted by Crippen LogP contribution is 2.35. The van der Waals surface area contributed by atoms with Crippen molar-refractivity contribution in [2.45, 2.75) is 10.1 Å². The number of aromatic nitrogens is 2. The largest absolute Gasteiger partial charge is 0.481 e. The zero-order valence-electron chi connectivity index (χ0n) is 22.4. The quantitative estimate of drug-likeness (QED) is 0.0812. The summed E-state index contributed by atoms with van der Waals surface area (Å²) >= 11 is 18.8. The van der Waals surface area contributed by atoms with Crippen LogP contribution in [0.5, 0.6) is 23.3 Å². The Morgan fingerprint density at radius 3 is 2.14 bits per heavy atom. The standard InChI is InChI=1S/C14H9Cl2NO5.C13H11ClN2O4S/c1-21-14(18)10-7-9(3-4-12(10)17(19)20)22-13-5-2-8(15)6-11(13)16;1-19-9-6-10(20-2)16-13(15-9)21-8-5-3-4-7(14)11(8)12(17)18/h2-7H,1H3;3-6H,1-2H3,(H,17,18). The second-order valence-electron chi connectivity index (χ2n) is 7.86. The summed E-state index contributed by atoms with van der Waals surface area (Å²) in [7, 11) is 4.08. The molecule has 0 amide bonds. The molecule has 0 saturated heterocycles. The van der Waals surface area contributed by atoms with Crippen LogP contribution in [0.1, 0.15) is 20.7 Å². The molecule has 43 heavy (non-hydrogen) atoms. The molecule has 0 saturated carbocycles. The van der Waals surface area contributed by atoms with Crippen molar-refractivity contribution in [1.82, 2.24) is 9.97 Å². The molecule has 4 rings (SSSR count). The minimum absolute atomic E-state index is 0.00885. The summed E-state index contributed by atoms with van der Waals surface area (Å²) < 4.78 is 20.1. The molecule has 12 nitrogen and oxygen atoms in total. The number of carbonyl (C=O) groups is 2. The predicted octanol–water partition coefficient (Wildman–Crippen LogP) is 7.48. The second kappa shape index (κ2) is 15.3. The van der Waals surface area contributed by atoms with Gasteiger partial charge in [-0.1, -0.05) is 40.9 Å². The van der Waals surface area contributed by atoms with Gasteiger partial charge in [-0.2, -0.15) is 9.97 Å². The van der Waals surface area contributed by atoms with Crippen LogP contribution in [0.3, 0.4) is 0 Å². The Morgan fingerprint density at radius 2 is 1.58 bits per heavy atom. The highest BCUT2D eigenvalue weighted by molar-refractivity contribution is 7.99. The van der Waals surface area contributed by atoms with Gasteiger partial charge in [-0.25, -0.2) is 9.59 Å². The maximum atomic E-state index is 11.6. The number of carboxylic acid groups (broad SMARTS) is 1. The summed E-state index contributed by atoms with van der Waals surface area (Å²) in [5, 5.41) is 21.3. The van der Waals surface area contributed by atoms with Crippen LogP contribution in [-0.4, -0.2) is 53.3 Å². The number of hydrogen-bond donors (Lipinski definition) is 1. The van der Waals surface area contributed by atoms with E-state index < -0.39 is 16.9 Å². The molecule has 0 aliphatic carbocycles. The minimum Gasteiger partial charge on any atom is -0.481 e. The van der Waals surface area contributed by atoms with Gasteiger partial charge in [0.25, 0.3) is 5.69 Å². The van der Waals surface area contributed by atoms with Crippen LogP contribution >= 0.6 is 46.6 Å². The number of ether oxygens (including phenoxy) is 4. The molecule has 0 unspecified atom stereocenters.